The maximum absolute atomic E-state index is 11.8. The maximum Gasteiger partial charge on any atom is 0.221 e. The van der Waals surface area contributed by atoms with Gasteiger partial charge in [0.25, 0.3) is 0 Å². The Morgan fingerprint density at radius 1 is 1.43 bits per heavy atom. The SMILES string of the molecule is CS(=O)(=O)CCC(=O)NCC(c1ccco1)N1CCCC1. The van der Waals surface area contributed by atoms with Gasteiger partial charge >= 0.3 is 0 Å². The third-order valence-corrected chi connectivity index (χ3v) is 4.59. The van der Waals surface area contributed by atoms with Crippen LogP contribution < -0.4 is 5.32 Å². The molecule has 1 fully saturated rings. The Morgan fingerprint density at radius 2 is 2.14 bits per heavy atom. The molecule has 1 amide bonds. The molecule has 0 spiro atoms. The molecule has 21 heavy (non-hydrogen) atoms. The summed E-state index contributed by atoms with van der Waals surface area (Å²) in [6.07, 6.45) is 5.07. The standard InChI is InChI=1S/C14H22N2O4S/c1-21(18,19)10-6-14(17)15-11-12(13-5-4-9-20-13)16-7-2-3-8-16/h4-5,9,12H,2-3,6-8,10-11H2,1H3,(H,15,17). The van der Waals surface area contributed by atoms with E-state index in [9.17, 15) is 13.2 Å². The van der Waals surface area contributed by atoms with Gasteiger partial charge in [-0.3, -0.25) is 9.69 Å². The average molecular weight is 314 g/mol. The van der Waals surface area contributed by atoms with Crippen molar-refractivity contribution >= 4 is 15.7 Å². The minimum atomic E-state index is -3.11. The van der Waals surface area contributed by atoms with Crippen molar-refractivity contribution in [1.29, 1.82) is 0 Å². The lowest BCUT2D eigenvalue weighted by molar-refractivity contribution is -0.121. The minimum Gasteiger partial charge on any atom is -0.468 e. The van der Waals surface area contributed by atoms with E-state index in [-0.39, 0.29) is 24.1 Å². The van der Waals surface area contributed by atoms with Crippen molar-refractivity contribution in [1.82, 2.24) is 10.2 Å². The topological polar surface area (TPSA) is 79.6 Å². The number of carbonyl (C=O) groups excluding carboxylic acids is 1. The first-order chi connectivity index (χ1) is 9.96. The number of furan rings is 1. The largest absolute Gasteiger partial charge is 0.468 e. The highest BCUT2D eigenvalue weighted by molar-refractivity contribution is 7.90. The van der Waals surface area contributed by atoms with Gasteiger partial charge in [-0.15, -0.1) is 0 Å². The van der Waals surface area contributed by atoms with Gasteiger partial charge in [0.15, 0.2) is 0 Å². The van der Waals surface area contributed by atoms with Gasteiger partial charge in [-0.25, -0.2) is 8.42 Å². The molecule has 1 aromatic rings. The van der Waals surface area contributed by atoms with Crippen LogP contribution in [0.4, 0.5) is 0 Å². The number of nitrogens with one attached hydrogen (secondary N) is 1. The Morgan fingerprint density at radius 3 is 2.71 bits per heavy atom. The first kappa shape index (κ1) is 16.0. The molecule has 1 aromatic heterocycles. The van der Waals surface area contributed by atoms with E-state index in [4.69, 9.17) is 4.42 Å². The van der Waals surface area contributed by atoms with Gasteiger partial charge in [0.1, 0.15) is 15.6 Å². The van der Waals surface area contributed by atoms with E-state index in [0.717, 1.165) is 37.9 Å². The molecule has 0 saturated carbocycles. The predicted octanol–water partition coefficient (Wildman–Crippen LogP) is 0.967. The second-order valence-corrected chi connectivity index (χ2v) is 7.72. The lowest BCUT2D eigenvalue weighted by Gasteiger charge is -2.26. The Bertz CT molecular complexity index is 548. The molecule has 1 aliphatic rings. The van der Waals surface area contributed by atoms with Crippen LogP contribution in [-0.2, 0) is 14.6 Å². The summed E-state index contributed by atoms with van der Waals surface area (Å²) in [6, 6.07) is 3.76. The Labute approximate surface area is 125 Å². The zero-order valence-electron chi connectivity index (χ0n) is 12.2. The van der Waals surface area contributed by atoms with Crippen LogP contribution in [0.5, 0.6) is 0 Å². The molecule has 7 heteroatoms. The van der Waals surface area contributed by atoms with Crippen LogP contribution in [0.1, 0.15) is 31.1 Å². The fraction of sp³-hybridized carbons (Fsp3) is 0.643. The van der Waals surface area contributed by atoms with Crippen LogP contribution in [0.3, 0.4) is 0 Å². The molecule has 0 aliphatic carbocycles. The number of hydrogen-bond acceptors (Lipinski definition) is 5. The zero-order valence-corrected chi connectivity index (χ0v) is 13.1. The molecule has 2 heterocycles. The molecule has 0 radical (unpaired) electrons. The third-order valence-electron chi connectivity index (χ3n) is 3.65. The summed E-state index contributed by atoms with van der Waals surface area (Å²) in [5.74, 6) is 0.477. The van der Waals surface area contributed by atoms with Gasteiger partial charge in [0.2, 0.25) is 5.91 Å². The molecule has 1 aliphatic heterocycles. The molecule has 0 bridgehead atoms. The molecule has 1 atom stereocenters. The molecular weight excluding hydrogens is 292 g/mol. The van der Waals surface area contributed by atoms with E-state index in [1.807, 2.05) is 12.1 Å². The number of sulfone groups is 1. The normalized spacial score (nSPS) is 17.8. The van der Waals surface area contributed by atoms with Gasteiger partial charge in [0, 0.05) is 19.2 Å². The molecule has 118 valence electrons. The highest BCUT2D eigenvalue weighted by atomic mass is 32.2. The number of hydrogen-bond donors (Lipinski definition) is 1. The summed E-state index contributed by atoms with van der Waals surface area (Å²) in [5, 5.41) is 2.82. The van der Waals surface area contributed by atoms with E-state index in [1.54, 1.807) is 6.26 Å². The summed E-state index contributed by atoms with van der Waals surface area (Å²) >= 11 is 0. The number of rotatable bonds is 7. The number of carbonyl (C=O) groups is 1. The second-order valence-electron chi connectivity index (χ2n) is 5.46. The lowest BCUT2D eigenvalue weighted by atomic mass is 10.2. The van der Waals surface area contributed by atoms with Crippen LogP contribution in [0, 0.1) is 0 Å². The minimum absolute atomic E-state index is 0.00368. The fourth-order valence-corrected chi connectivity index (χ4v) is 3.08. The van der Waals surface area contributed by atoms with E-state index in [0.29, 0.717) is 6.54 Å². The number of likely N-dealkylation sites (tertiary alicyclic amines) is 1. The van der Waals surface area contributed by atoms with Gasteiger partial charge in [-0.1, -0.05) is 0 Å². The van der Waals surface area contributed by atoms with Crippen molar-refractivity contribution in [3.63, 3.8) is 0 Å². The lowest BCUT2D eigenvalue weighted by Crippen LogP contribution is -2.37. The average Bonchev–Trinajstić information content (AvgIpc) is 3.09. The Hall–Kier alpha value is -1.34. The predicted molar refractivity (Wildman–Crippen MR) is 79.6 cm³/mol. The van der Waals surface area contributed by atoms with Crippen molar-refractivity contribution in [2.75, 3.05) is 31.6 Å². The molecule has 1 unspecified atom stereocenters. The first-order valence-corrected chi connectivity index (χ1v) is 9.23. The first-order valence-electron chi connectivity index (χ1n) is 7.17. The van der Waals surface area contributed by atoms with Gasteiger partial charge in [-0.2, -0.15) is 0 Å². The maximum atomic E-state index is 11.8. The van der Waals surface area contributed by atoms with Crippen LogP contribution in [0.15, 0.2) is 22.8 Å². The van der Waals surface area contributed by atoms with Gasteiger partial charge < -0.3 is 9.73 Å². The van der Waals surface area contributed by atoms with Crippen molar-refractivity contribution in [2.45, 2.75) is 25.3 Å². The molecule has 1 N–H and O–H groups in total. The number of nitrogens with zero attached hydrogens (tertiary/aromatic N) is 1. The summed E-state index contributed by atoms with van der Waals surface area (Å²) in [7, 11) is -3.11. The summed E-state index contributed by atoms with van der Waals surface area (Å²) in [4.78, 5) is 14.0. The van der Waals surface area contributed by atoms with Crippen molar-refractivity contribution < 1.29 is 17.6 Å². The second kappa shape index (κ2) is 7.09. The quantitative estimate of drug-likeness (QED) is 0.811. The molecular formula is C14H22N2O4S. The highest BCUT2D eigenvalue weighted by Crippen LogP contribution is 2.24. The van der Waals surface area contributed by atoms with Gasteiger partial charge in [-0.05, 0) is 38.1 Å². The molecule has 1 saturated heterocycles. The molecule has 6 nitrogen and oxygen atoms in total. The van der Waals surface area contributed by atoms with Crippen LogP contribution in [0.25, 0.3) is 0 Å². The summed E-state index contributed by atoms with van der Waals surface area (Å²) < 4.78 is 27.6. The smallest absolute Gasteiger partial charge is 0.221 e. The van der Waals surface area contributed by atoms with Crippen LogP contribution in [-0.4, -0.2) is 50.9 Å². The monoisotopic (exact) mass is 314 g/mol. The summed E-state index contributed by atoms with van der Waals surface area (Å²) in [5.41, 5.74) is 0. The van der Waals surface area contributed by atoms with Crippen LogP contribution in [0.2, 0.25) is 0 Å². The van der Waals surface area contributed by atoms with Crippen molar-refractivity contribution in [3.05, 3.63) is 24.2 Å². The van der Waals surface area contributed by atoms with E-state index < -0.39 is 9.84 Å². The number of amides is 1. The van der Waals surface area contributed by atoms with Crippen molar-refractivity contribution in [3.8, 4) is 0 Å². The summed E-state index contributed by atoms with van der Waals surface area (Å²) in [6.45, 7) is 2.42. The van der Waals surface area contributed by atoms with Gasteiger partial charge in [0.05, 0.1) is 18.1 Å². The highest BCUT2D eigenvalue weighted by Gasteiger charge is 2.25. The Balaban J connectivity index is 1.89. The fourth-order valence-electron chi connectivity index (χ4n) is 2.52. The third kappa shape index (κ3) is 5.17. The van der Waals surface area contributed by atoms with Crippen LogP contribution >= 0.6 is 0 Å². The molecule has 0 aromatic carbocycles. The zero-order chi connectivity index (χ0) is 15.3. The van der Waals surface area contributed by atoms with E-state index >= 15 is 0 Å². The van der Waals surface area contributed by atoms with E-state index in [1.165, 1.54) is 0 Å². The molecule has 2 rings (SSSR count). The van der Waals surface area contributed by atoms with E-state index in [2.05, 4.69) is 10.2 Å². The Kier molecular flexibility index (Phi) is 5.41. The van der Waals surface area contributed by atoms with Crippen molar-refractivity contribution in [2.24, 2.45) is 0 Å².